The lowest BCUT2D eigenvalue weighted by Gasteiger charge is -2.09. The van der Waals surface area contributed by atoms with E-state index >= 15 is 0 Å². The zero-order valence-corrected chi connectivity index (χ0v) is 11.0. The molecule has 1 radical (unpaired) electrons. The Bertz CT molecular complexity index is 271. The Kier molecular flexibility index (Phi) is 6.22. The topological polar surface area (TPSA) is 0 Å². The highest BCUT2D eigenvalue weighted by molar-refractivity contribution is 5.29. The van der Waals surface area contributed by atoms with Crippen LogP contribution in [0.1, 0.15) is 69.9 Å². The normalized spacial score (nSPS) is 12.7. The fraction of sp³-hybridized carbons (Fsp3) is 0.562. The third-order valence-electron chi connectivity index (χ3n) is 3.31. The van der Waals surface area contributed by atoms with Crippen molar-refractivity contribution >= 4 is 0 Å². The van der Waals surface area contributed by atoms with Crippen molar-refractivity contribution in [3.05, 3.63) is 41.8 Å². The van der Waals surface area contributed by atoms with Gasteiger partial charge < -0.3 is 0 Å². The molecule has 1 unspecified atom stereocenters. The van der Waals surface area contributed by atoms with Crippen LogP contribution in [0.15, 0.2) is 24.3 Å². The molecule has 1 aromatic carbocycles. The Morgan fingerprint density at radius 3 is 2.31 bits per heavy atom. The molecular weight excluding hydrogens is 192 g/mol. The van der Waals surface area contributed by atoms with Gasteiger partial charge in [-0.15, -0.1) is 0 Å². The zero-order chi connectivity index (χ0) is 11.8. The number of unbranched alkanes of at least 4 members (excludes halogenated alkanes) is 3. The van der Waals surface area contributed by atoms with Crippen LogP contribution < -0.4 is 0 Å². The van der Waals surface area contributed by atoms with Crippen LogP contribution in [0.2, 0.25) is 0 Å². The van der Waals surface area contributed by atoms with E-state index in [1.54, 1.807) is 0 Å². The van der Waals surface area contributed by atoms with E-state index in [0.717, 1.165) is 0 Å². The van der Waals surface area contributed by atoms with Gasteiger partial charge in [-0.25, -0.2) is 0 Å². The molecule has 0 saturated heterocycles. The van der Waals surface area contributed by atoms with Crippen LogP contribution in [0.4, 0.5) is 0 Å². The standard InChI is InChI=1S/C16H25/c1-4-6-7-8-9-15-10-12-16(13-11-15)14(3)5-2/h9-14H,4-8H2,1-3H3. The molecule has 0 nitrogen and oxygen atoms in total. The van der Waals surface area contributed by atoms with E-state index in [1.807, 2.05) is 0 Å². The predicted octanol–water partition coefficient (Wildman–Crippen LogP) is 5.33. The van der Waals surface area contributed by atoms with Crippen LogP contribution in [-0.2, 0) is 0 Å². The van der Waals surface area contributed by atoms with Crippen LogP contribution in [0.5, 0.6) is 0 Å². The fourth-order valence-corrected chi connectivity index (χ4v) is 1.86. The van der Waals surface area contributed by atoms with Gasteiger partial charge in [-0.1, -0.05) is 64.3 Å². The summed E-state index contributed by atoms with van der Waals surface area (Å²) in [7, 11) is 0. The summed E-state index contributed by atoms with van der Waals surface area (Å²) >= 11 is 0. The van der Waals surface area contributed by atoms with Gasteiger partial charge in [-0.05, 0) is 36.3 Å². The molecular formula is C16H25. The first-order valence-electron chi connectivity index (χ1n) is 6.71. The van der Waals surface area contributed by atoms with Crippen LogP contribution in [0.3, 0.4) is 0 Å². The average Bonchev–Trinajstić information content (AvgIpc) is 2.34. The largest absolute Gasteiger partial charge is 0.0654 e. The first-order chi connectivity index (χ1) is 7.77. The maximum Gasteiger partial charge on any atom is -0.00931 e. The molecule has 0 bridgehead atoms. The lowest BCUT2D eigenvalue weighted by molar-refractivity contribution is 0.714. The van der Waals surface area contributed by atoms with E-state index in [9.17, 15) is 0 Å². The van der Waals surface area contributed by atoms with Crippen LogP contribution in [0.25, 0.3) is 0 Å². The molecule has 0 spiro atoms. The van der Waals surface area contributed by atoms with E-state index in [2.05, 4.69) is 51.5 Å². The second kappa shape index (κ2) is 7.49. The summed E-state index contributed by atoms with van der Waals surface area (Å²) < 4.78 is 0. The quantitative estimate of drug-likeness (QED) is 0.541. The van der Waals surface area contributed by atoms with Crippen molar-refractivity contribution in [1.29, 1.82) is 0 Å². The minimum Gasteiger partial charge on any atom is -0.0654 e. The number of hydrogen-bond donors (Lipinski definition) is 0. The van der Waals surface area contributed by atoms with Gasteiger partial charge in [0.25, 0.3) is 0 Å². The molecule has 0 N–H and O–H groups in total. The Hall–Kier alpha value is -0.780. The SMILES string of the molecule is CCCCC[CH]c1ccc(C(C)CC)cc1. The van der Waals surface area contributed by atoms with Gasteiger partial charge in [0.1, 0.15) is 0 Å². The maximum absolute atomic E-state index is 2.36. The molecule has 1 aromatic rings. The Morgan fingerprint density at radius 2 is 1.75 bits per heavy atom. The first-order valence-corrected chi connectivity index (χ1v) is 6.71. The van der Waals surface area contributed by atoms with Crippen molar-refractivity contribution in [1.82, 2.24) is 0 Å². The Balaban J connectivity index is 2.39. The molecule has 0 aliphatic carbocycles. The van der Waals surface area contributed by atoms with Crippen molar-refractivity contribution in [2.75, 3.05) is 0 Å². The van der Waals surface area contributed by atoms with Crippen LogP contribution >= 0.6 is 0 Å². The van der Waals surface area contributed by atoms with Gasteiger partial charge in [0, 0.05) is 0 Å². The third kappa shape index (κ3) is 4.38. The van der Waals surface area contributed by atoms with Crippen molar-refractivity contribution in [2.45, 2.75) is 58.8 Å². The summed E-state index contributed by atoms with van der Waals surface area (Å²) in [5.41, 5.74) is 2.84. The van der Waals surface area contributed by atoms with Gasteiger partial charge in [0.15, 0.2) is 0 Å². The van der Waals surface area contributed by atoms with E-state index in [4.69, 9.17) is 0 Å². The highest BCUT2D eigenvalue weighted by Crippen LogP contribution is 2.20. The average molecular weight is 217 g/mol. The lowest BCUT2D eigenvalue weighted by Crippen LogP contribution is -1.91. The summed E-state index contributed by atoms with van der Waals surface area (Å²) in [6, 6.07) is 9.07. The Labute approximate surface area is 101 Å². The first kappa shape index (κ1) is 13.3. The summed E-state index contributed by atoms with van der Waals surface area (Å²) in [4.78, 5) is 0. The van der Waals surface area contributed by atoms with E-state index in [1.165, 1.54) is 43.2 Å². The minimum atomic E-state index is 0.689. The molecule has 0 heteroatoms. The highest BCUT2D eigenvalue weighted by atomic mass is 14.1. The minimum absolute atomic E-state index is 0.689. The molecule has 89 valence electrons. The second-order valence-corrected chi connectivity index (χ2v) is 4.68. The van der Waals surface area contributed by atoms with E-state index in [-0.39, 0.29) is 0 Å². The van der Waals surface area contributed by atoms with Crippen molar-refractivity contribution in [3.8, 4) is 0 Å². The molecule has 0 aliphatic heterocycles. The highest BCUT2D eigenvalue weighted by Gasteiger charge is 2.02. The molecule has 0 aliphatic rings. The summed E-state index contributed by atoms with van der Waals surface area (Å²) in [6.45, 7) is 6.79. The number of benzene rings is 1. The molecule has 0 heterocycles. The number of hydrogen-bond acceptors (Lipinski definition) is 0. The molecule has 16 heavy (non-hydrogen) atoms. The molecule has 0 saturated carbocycles. The lowest BCUT2D eigenvalue weighted by atomic mass is 9.96. The molecule has 0 fully saturated rings. The zero-order valence-electron chi connectivity index (χ0n) is 11.0. The van der Waals surface area contributed by atoms with Crippen LogP contribution in [-0.4, -0.2) is 0 Å². The van der Waals surface area contributed by atoms with Crippen molar-refractivity contribution in [3.63, 3.8) is 0 Å². The number of rotatable bonds is 7. The van der Waals surface area contributed by atoms with Gasteiger partial charge in [-0.2, -0.15) is 0 Å². The van der Waals surface area contributed by atoms with Gasteiger partial charge >= 0.3 is 0 Å². The maximum atomic E-state index is 2.36. The molecule has 0 amide bonds. The molecule has 1 rings (SSSR count). The van der Waals surface area contributed by atoms with Crippen molar-refractivity contribution < 1.29 is 0 Å². The molecule has 0 aromatic heterocycles. The van der Waals surface area contributed by atoms with Crippen molar-refractivity contribution in [2.24, 2.45) is 0 Å². The van der Waals surface area contributed by atoms with E-state index < -0.39 is 0 Å². The monoisotopic (exact) mass is 217 g/mol. The predicted molar refractivity (Wildman–Crippen MR) is 72.7 cm³/mol. The summed E-state index contributed by atoms with van der Waals surface area (Å²) in [5, 5.41) is 0. The summed E-state index contributed by atoms with van der Waals surface area (Å²) in [6.07, 6.45) is 8.78. The smallest absolute Gasteiger partial charge is 0.00931 e. The van der Waals surface area contributed by atoms with E-state index in [0.29, 0.717) is 5.92 Å². The molecule has 1 atom stereocenters. The second-order valence-electron chi connectivity index (χ2n) is 4.68. The van der Waals surface area contributed by atoms with Gasteiger partial charge in [-0.3, -0.25) is 0 Å². The van der Waals surface area contributed by atoms with Gasteiger partial charge in [0.05, 0.1) is 0 Å². The third-order valence-corrected chi connectivity index (χ3v) is 3.31. The summed E-state index contributed by atoms with van der Waals surface area (Å²) in [5.74, 6) is 0.689. The fourth-order valence-electron chi connectivity index (χ4n) is 1.86. The Morgan fingerprint density at radius 1 is 1.06 bits per heavy atom. The van der Waals surface area contributed by atoms with Crippen LogP contribution in [0, 0.1) is 6.42 Å². The van der Waals surface area contributed by atoms with Gasteiger partial charge in [0.2, 0.25) is 0 Å².